The Kier molecular flexibility index (Phi) is 6.14. The smallest absolute Gasteiger partial charge is 0.326 e. The molecule has 0 aliphatic rings. The van der Waals surface area contributed by atoms with E-state index in [-0.39, 0.29) is 12.4 Å². The van der Waals surface area contributed by atoms with Crippen molar-refractivity contribution in [2.75, 3.05) is 0 Å². The molecule has 0 aliphatic carbocycles. The van der Waals surface area contributed by atoms with Gasteiger partial charge in [0.15, 0.2) is 0 Å². The minimum atomic E-state index is -1.06. The molecule has 21 heavy (non-hydrogen) atoms. The van der Waals surface area contributed by atoms with E-state index in [4.69, 9.17) is 5.11 Å². The third-order valence-corrected chi connectivity index (χ3v) is 3.13. The van der Waals surface area contributed by atoms with Crippen LogP contribution in [0, 0.1) is 19.7 Å². The highest BCUT2D eigenvalue weighted by Crippen LogP contribution is 2.14. The molecule has 6 heteroatoms. The first kappa shape index (κ1) is 16.9. The van der Waals surface area contributed by atoms with Crippen LogP contribution in [0.25, 0.3) is 0 Å². The lowest BCUT2D eigenvalue weighted by Gasteiger charge is -2.14. The van der Waals surface area contributed by atoms with Crippen LogP contribution in [0.5, 0.6) is 0 Å². The van der Waals surface area contributed by atoms with Gasteiger partial charge in [-0.15, -0.1) is 0 Å². The molecule has 0 saturated carbocycles. The fourth-order valence-corrected chi connectivity index (χ4v) is 2.08. The highest BCUT2D eigenvalue weighted by Gasteiger charge is 2.18. The van der Waals surface area contributed by atoms with Crippen LogP contribution in [-0.4, -0.2) is 23.1 Å². The number of hydrogen-bond donors (Lipinski definition) is 3. The summed E-state index contributed by atoms with van der Waals surface area (Å²) in [5, 5.41) is 13.9. The molecule has 0 unspecified atom stereocenters. The zero-order chi connectivity index (χ0) is 16.0. The molecule has 1 atom stereocenters. The second kappa shape index (κ2) is 7.61. The monoisotopic (exact) mass is 296 g/mol. The number of aryl methyl sites for hydroxylation is 2. The van der Waals surface area contributed by atoms with Crippen molar-refractivity contribution >= 4 is 12.0 Å². The van der Waals surface area contributed by atoms with Crippen molar-refractivity contribution in [1.82, 2.24) is 10.6 Å². The number of halogens is 1. The second-order valence-electron chi connectivity index (χ2n) is 5.05. The standard InChI is InChI=1S/C15H21FN2O3/c1-4-5-12(14(19)20)18-15(21)17-8-11-6-9(2)13(16)10(3)7-11/h6-7,12H,4-5,8H2,1-3H3,(H,19,20)(H2,17,18,21)/t12-/m1/s1. The first-order chi connectivity index (χ1) is 9.85. The number of nitrogens with one attached hydrogen (secondary N) is 2. The van der Waals surface area contributed by atoms with E-state index in [9.17, 15) is 14.0 Å². The van der Waals surface area contributed by atoms with Crippen LogP contribution in [0.1, 0.15) is 36.5 Å². The molecule has 0 spiro atoms. The largest absolute Gasteiger partial charge is 0.480 e. The minimum Gasteiger partial charge on any atom is -0.480 e. The minimum absolute atomic E-state index is 0.215. The highest BCUT2D eigenvalue weighted by molar-refractivity contribution is 5.82. The molecule has 1 aromatic rings. The molecule has 0 heterocycles. The van der Waals surface area contributed by atoms with Crippen LogP contribution in [-0.2, 0) is 11.3 Å². The number of rotatable bonds is 6. The summed E-state index contributed by atoms with van der Waals surface area (Å²) >= 11 is 0. The highest BCUT2D eigenvalue weighted by atomic mass is 19.1. The number of hydrogen-bond acceptors (Lipinski definition) is 2. The Morgan fingerprint density at radius 3 is 2.33 bits per heavy atom. The molecule has 0 aliphatic heterocycles. The van der Waals surface area contributed by atoms with Crippen LogP contribution in [0.2, 0.25) is 0 Å². The van der Waals surface area contributed by atoms with E-state index in [2.05, 4.69) is 10.6 Å². The van der Waals surface area contributed by atoms with E-state index in [1.807, 2.05) is 6.92 Å². The fraction of sp³-hybridized carbons (Fsp3) is 0.467. The first-order valence-electron chi connectivity index (χ1n) is 6.88. The number of carboxylic acid groups (broad SMARTS) is 1. The predicted octanol–water partition coefficient (Wildman–Crippen LogP) is 2.50. The number of carbonyl (C=O) groups excluding carboxylic acids is 1. The maximum atomic E-state index is 13.5. The van der Waals surface area contributed by atoms with E-state index in [1.54, 1.807) is 26.0 Å². The Morgan fingerprint density at radius 2 is 1.86 bits per heavy atom. The summed E-state index contributed by atoms with van der Waals surface area (Å²) in [6.45, 7) is 5.38. The van der Waals surface area contributed by atoms with Gasteiger partial charge in [0.05, 0.1) is 0 Å². The third-order valence-electron chi connectivity index (χ3n) is 3.13. The maximum absolute atomic E-state index is 13.5. The van der Waals surface area contributed by atoms with Crippen molar-refractivity contribution in [3.8, 4) is 0 Å². The fourth-order valence-electron chi connectivity index (χ4n) is 2.08. The number of aliphatic carboxylic acids is 1. The van der Waals surface area contributed by atoms with Crippen LogP contribution in [0.15, 0.2) is 12.1 Å². The third kappa shape index (κ3) is 5.06. The van der Waals surface area contributed by atoms with Crippen molar-refractivity contribution in [1.29, 1.82) is 0 Å². The van der Waals surface area contributed by atoms with Crippen molar-refractivity contribution in [2.45, 2.75) is 46.2 Å². The summed E-state index contributed by atoms with van der Waals surface area (Å²) in [6.07, 6.45) is 1.03. The normalized spacial score (nSPS) is 11.8. The zero-order valence-electron chi connectivity index (χ0n) is 12.5. The van der Waals surface area contributed by atoms with Crippen LogP contribution < -0.4 is 10.6 Å². The SMILES string of the molecule is CCC[C@@H](NC(=O)NCc1cc(C)c(F)c(C)c1)C(=O)O. The number of amides is 2. The van der Waals surface area contributed by atoms with Crippen molar-refractivity contribution in [2.24, 2.45) is 0 Å². The van der Waals surface area contributed by atoms with Gasteiger partial charge in [-0.05, 0) is 37.0 Å². The van der Waals surface area contributed by atoms with Crippen molar-refractivity contribution < 1.29 is 19.1 Å². The van der Waals surface area contributed by atoms with Crippen molar-refractivity contribution in [3.63, 3.8) is 0 Å². The van der Waals surface area contributed by atoms with Gasteiger partial charge < -0.3 is 15.7 Å². The summed E-state index contributed by atoms with van der Waals surface area (Å²) in [7, 11) is 0. The Bertz CT molecular complexity index is 509. The maximum Gasteiger partial charge on any atom is 0.326 e. The Morgan fingerprint density at radius 1 is 1.29 bits per heavy atom. The summed E-state index contributed by atoms with van der Waals surface area (Å²) in [5.74, 6) is -1.31. The average molecular weight is 296 g/mol. The predicted molar refractivity (Wildman–Crippen MR) is 77.6 cm³/mol. The molecule has 0 fully saturated rings. The van der Waals surface area contributed by atoms with Crippen LogP contribution in [0.3, 0.4) is 0 Å². The summed E-state index contributed by atoms with van der Waals surface area (Å²) < 4.78 is 13.5. The van der Waals surface area contributed by atoms with Gasteiger partial charge in [0, 0.05) is 6.54 Å². The van der Waals surface area contributed by atoms with Gasteiger partial charge >= 0.3 is 12.0 Å². The topological polar surface area (TPSA) is 78.4 Å². The van der Waals surface area contributed by atoms with Crippen LogP contribution in [0.4, 0.5) is 9.18 Å². The number of urea groups is 1. The Labute approximate surface area is 123 Å². The van der Waals surface area contributed by atoms with Gasteiger partial charge in [0.1, 0.15) is 11.9 Å². The molecule has 1 aromatic carbocycles. The lowest BCUT2D eigenvalue weighted by molar-refractivity contribution is -0.139. The van der Waals surface area contributed by atoms with Crippen molar-refractivity contribution in [3.05, 3.63) is 34.6 Å². The molecule has 2 amide bonds. The number of carboxylic acids is 1. The first-order valence-corrected chi connectivity index (χ1v) is 6.88. The van der Waals surface area contributed by atoms with Gasteiger partial charge in [0.25, 0.3) is 0 Å². The number of carbonyl (C=O) groups is 2. The summed E-state index contributed by atoms with van der Waals surface area (Å²) in [5.41, 5.74) is 1.80. The molecule has 3 N–H and O–H groups in total. The zero-order valence-corrected chi connectivity index (χ0v) is 12.5. The van der Waals surface area contributed by atoms with Crippen LogP contribution >= 0.6 is 0 Å². The molecule has 0 radical (unpaired) electrons. The average Bonchev–Trinajstić information content (AvgIpc) is 2.41. The van der Waals surface area contributed by atoms with Gasteiger partial charge in [-0.25, -0.2) is 14.0 Å². The molecule has 116 valence electrons. The molecule has 5 nitrogen and oxygen atoms in total. The van der Waals surface area contributed by atoms with E-state index >= 15 is 0 Å². The van der Waals surface area contributed by atoms with Gasteiger partial charge in [-0.2, -0.15) is 0 Å². The Hall–Kier alpha value is -2.11. The molecule has 1 rings (SSSR count). The van der Waals surface area contributed by atoms with Gasteiger partial charge in [0.2, 0.25) is 0 Å². The Balaban J connectivity index is 2.58. The second-order valence-corrected chi connectivity index (χ2v) is 5.05. The molecule has 0 saturated heterocycles. The van der Waals surface area contributed by atoms with Gasteiger partial charge in [-0.3, -0.25) is 0 Å². The lowest BCUT2D eigenvalue weighted by atomic mass is 10.1. The summed E-state index contributed by atoms with van der Waals surface area (Å²) in [4.78, 5) is 22.6. The van der Waals surface area contributed by atoms with E-state index in [0.717, 1.165) is 5.56 Å². The van der Waals surface area contributed by atoms with E-state index in [0.29, 0.717) is 24.0 Å². The molecule has 0 aromatic heterocycles. The lowest BCUT2D eigenvalue weighted by Crippen LogP contribution is -2.45. The quantitative estimate of drug-likeness (QED) is 0.754. The summed E-state index contributed by atoms with van der Waals surface area (Å²) in [6, 6.07) is 1.87. The van der Waals surface area contributed by atoms with E-state index in [1.165, 1.54) is 0 Å². The molecular weight excluding hydrogens is 275 g/mol. The van der Waals surface area contributed by atoms with Gasteiger partial charge in [-0.1, -0.05) is 25.5 Å². The number of benzene rings is 1. The molecular formula is C15H21FN2O3. The van der Waals surface area contributed by atoms with E-state index < -0.39 is 18.0 Å². The molecule has 0 bridgehead atoms.